The zero-order chi connectivity index (χ0) is 13.4. The number of carbonyl (C=O) groups is 1. The second-order valence-electron chi connectivity index (χ2n) is 5.00. The molecule has 0 saturated carbocycles. The van der Waals surface area contributed by atoms with Gasteiger partial charge in [0, 0.05) is 18.7 Å². The smallest absolute Gasteiger partial charge is 0.257 e. The van der Waals surface area contributed by atoms with Crippen LogP contribution in [-0.2, 0) is 0 Å². The number of anilines is 1. The van der Waals surface area contributed by atoms with Gasteiger partial charge in [0.2, 0.25) is 0 Å². The number of hydrogen-bond acceptors (Lipinski definition) is 2. The largest absolute Gasteiger partial charge is 0.396 e. The molecule has 1 fully saturated rings. The van der Waals surface area contributed by atoms with Crippen LogP contribution in [0.4, 0.5) is 14.5 Å². The summed E-state index contributed by atoms with van der Waals surface area (Å²) in [5, 5.41) is 0. The SMILES string of the molecule is CC1CC(C)N(C(=O)c2cc(N)c(F)cc2F)C1. The molecular weight excluding hydrogens is 238 g/mol. The highest BCUT2D eigenvalue weighted by atomic mass is 19.1. The molecule has 1 heterocycles. The number of amides is 1. The van der Waals surface area contributed by atoms with Crippen LogP contribution < -0.4 is 5.73 Å². The minimum absolute atomic E-state index is 0.0678. The standard InChI is InChI=1S/C13H16F2N2O/c1-7-3-8(2)17(6-7)13(18)9-4-12(16)11(15)5-10(9)14/h4-5,7-8H,3,6,16H2,1-2H3. The van der Waals surface area contributed by atoms with Crippen LogP contribution in [0.25, 0.3) is 0 Å². The van der Waals surface area contributed by atoms with Crippen molar-refractivity contribution in [1.29, 1.82) is 0 Å². The molecule has 0 aliphatic carbocycles. The Morgan fingerprint density at radius 3 is 2.56 bits per heavy atom. The average molecular weight is 254 g/mol. The summed E-state index contributed by atoms with van der Waals surface area (Å²) in [4.78, 5) is 13.8. The maximum Gasteiger partial charge on any atom is 0.257 e. The van der Waals surface area contributed by atoms with Gasteiger partial charge in [-0.15, -0.1) is 0 Å². The molecule has 5 heteroatoms. The van der Waals surface area contributed by atoms with Crippen molar-refractivity contribution >= 4 is 11.6 Å². The van der Waals surface area contributed by atoms with Gasteiger partial charge in [-0.05, 0) is 25.3 Å². The minimum Gasteiger partial charge on any atom is -0.396 e. The van der Waals surface area contributed by atoms with Crippen LogP contribution in [0, 0.1) is 17.6 Å². The molecule has 2 unspecified atom stereocenters. The Morgan fingerprint density at radius 1 is 1.33 bits per heavy atom. The van der Waals surface area contributed by atoms with Crippen LogP contribution >= 0.6 is 0 Å². The number of benzene rings is 1. The molecule has 1 aromatic carbocycles. The van der Waals surface area contributed by atoms with Gasteiger partial charge in [0.1, 0.15) is 11.6 Å². The lowest BCUT2D eigenvalue weighted by molar-refractivity contribution is 0.0739. The first-order valence-corrected chi connectivity index (χ1v) is 5.95. The fraction of sp³-hybridized carbons (Fsp3) is 0.462. The van der Waals surface area contributed by atoms with Crippen molar-refractivity contribution in [2.45, 2.75) is 26.3 Å². The Hall–Kier alpha value is -1.65. The number of hydrogen-bond donors (Lipinski definition) is 1. The topological polar surface area (TPSA) is 46.3 Å². The van der Waals surface area contributed by atoms with E-state index in [2.05, 4.69) is 0 Å². The quantitative estimate of drug-likeness (QED) is 0.782. The Morgan fingerprint density at radius 2 is 2.00 bits per heavy atom. The maximum absolute atomic E-state index is 13.6. The summed E-state index contributed by atoms with van der Waals surface area (Å²) >= 11 is 0. The molecule has 0 radical (unpaired) electrons. The molecule has 1 aliphatic heterocycles. The van der Waals surface area contributed by atoms with Crippen molar-refractivity contribution < 1.29 is 13.6 Å². The molecule has 18 heavy (non-hydrogen) atoms. The normalized spacial score (nSPS) is 23.4. The molecule has 2 rings (SSSR count). The van der Waals surface area contributed by atoms with Gasteiger partial charge in [-0.1, -0.05) is 6.92 Å². The summed E-state index contributed by atoms with van der Waals surface area (Å²) in [6.45, 7) is 4.56. The molecule has 1 aromatic rings. The number of likely N-dealkylation sites (tertiary alicyclic amines) is 1. The lowest BCUT2D eigenvalue weighted by Gasteiger charge is -2.22. The fourth-order valence-corrected chi connectivity index (χ4v) is 2.47. The van der Waals surface area contributed by atoms with Crippen LogP contribution in [0.3, 0.4) is 0 Å². The second-order valence-corrected chi connectivity index (χ2v) is 5.00. The summed E-state index contributed by atoms with van der Waals surface area (Å²) in [5.41, 5.74) is 5.01. The Labute approximate surface area is 105 Å². The van der Waals surface area contributed by atoms with Crippen molar-refractivity contribution in [3.63, 3.8) is 0 Å². The maximum atomic E-state index is 13.6. The number of halogens is 2. The van der Waals surface area contributed by atoms with Crippen LogP contribution in [0.1, 0.15) is 30.6 Å². The predicted octanol–water partition coefficient (Wildman–Crippen LogP) is 2.42. The van der Waals surface area contributed by atoms with Gasteiger partial charge in [0.15, 0.2) is 0 Å². The molecule has 2 atom stereocenters. The molecule has 0 aromatic heterocycles. The van der Waals surface area contributed by atoms with Crippen LogP contribution in [0.2, 0.25) is 0 Å². The Balaban J connectivity index is 2.32. The minimum atomic E-state index is -0.863. The molecule has 1 amide bonds. The van der Waals surface area contributed by atoms with E-state index in [0.717, 1.165) is 12.5 Å². The summed E-state index contributed by atoms with van der Waals surface area (Å²) in [5.74, 6) is -1.73. The molecule has 2 N–H and O–H groups in total. The van der Waals surface area contributed by atoms with Gasteiger partial charge in [-0.25, -0.2) is 8.78 Å². The first-order chi connectivity index (χ1) is 8.40. The Kier molecular flexibility index (Phi) is 3.24. The zero-order valence-electron chi connectivity index (χ0n) is 10.4. The summed E-state index contributed by atoms with van der Waals surface area (Å²) in [6.07, 6.45) is 0.893. The third-order valence-corrected chi connectivity index (χ3v) is 3.36. The first kappa shape index (κ1) is 12.8. The van der Waals surface area contributed by atoms with Gasteiger partial charge < -0.3 is 10.6 Å². The van der Waals surface area contributed by atoms with Crippen LogP contribution in [0.15, 0.2) is 12.1 Å². The highest BCUT2D eigenvalue weighted by Crippen LogP contribution is 2.26. The lowest BCUT2D eigenvalue weighted by Crippen LogP contribution is -2.34. The first-order valence-electron chi connectivity index (χ1n) is 5.95. The molecule has 98 valence electrons. The van der Waals surface area contributed by atoms with E-state index in [-0.39, 0.29) is 17.3 Å². The van der Waals surface area contributed by atoms with Crippen molar-refractivity contribution in [3.8, 4) is 0 Å². The second kappa shape index (κ2) is 4.55. The van der Waals surface area contributed by atoms with E-state index in [4.69, 9.17) is 5.73 Å². The lowest BCUT2D eigenvalue weighted by atomic mass is 10.1. The van der Waals surface area contributed by atoms with Crippen molar-refractivity contribution in [3.05, 3.63) is 29.3 Å². The van der Waals surface area contributed by atoms with E-state index < -0.39 is 17.5 Å². The summed E-state index contributed by atoms with van der Waals surface area (Å²) in [7, 11) is 0. The molecule has 1 saturated heterocycles. The number of nitrogen functional groups attached to an aromatic ring is 1. The van der Waals surface area contributed by atoms with E-state index in [1.807, 2.05) is 13.8 Å². The van der Waals surface area contributed by atoms with Crippen molar-refractivity contribution in [2.24, 2.45) is 5.92 Å². The van der Waals surface area contributed by atoms with E-state index in [9.17, 15) is 13.6 Å². The van der Waals surface area contributed by atoms with Gasteiger partial charge in [-0.2, -0.15) is 0 Å². The number of nitrogens with zero attached hydrogens (tertiary/aromatic N) is 1. The highest BCUT2D eigenvalue weighted by Gasteiger charge is 2.32. The third-order valence-electron chi connectivity index (χ3n) is 3.36. The fourth-order valence-electron chi connectivity index (χ4n) is 2.47. The van der Waals surface area contributed by atoms with Gasteiger partial charge in [0.05, 0.1) is 11.3 Å². The van der Waals surface area contributed by atoms with Crippen molar-refractivity contribution in [2.75, 3.05) is 12.3 Å². The zero-order valence-corrected chi connectivity index (χ0v) is 10.4. The van der Waals surface area contributed by atoms with Gasteiger partial charge in [0.25, 0.3) is 5.91 Å². The molecular formula is C13H16F2N2O. The van der Waals surface area contributed by atoms with E-state index in [1.54, 1.807) is 4.90 Å². The number of rotatable bonds is 1. The predicted molar refractivity (Wildman–Crippen MR) is 65.0 cm³/mol. The number of nitrogens with two attached hydrogens (primary N) is 1. The molecule has 3 nitrogen and oxygen atoms in total. The van der Waals surface area contributed by atoms with E-state index in [0.29, 0.717) is 18.5 Å². The van der Waals surface area contributed by atoms with Gasteiger partial charge >= 0.3 is 0 Å². The Bertz CT molecular complexity index is 490. The summed E-state index contributed by atoms with van der Waals surface area (Å²) in [6, 6.07) is 1.80. The highest BCUT2D eigenvalue weighted by molar-refractivity contribution is 5.95. The average Bonchev–Trinajstić information content (AvgIpc) is 2.62. The molecule has 0 bridgehead atoms. The molecule has 0 spiro atoms. The van der Waals surface area contributed by atoms with Gasteiger partial charge in [-0.3, -0.25) is 4.79 Å². The van der Waals surface area contributed by atoms with E-state index in [1.165, 1.54) is 0 Å². The van der Waals surface area contributed by atoms with Crippen LogP contribution in [0.5, 0.6) is 0 Å². The van der Waals surface area contributed by atoms with Crippen LogP contribution in [-0.4, -0.2) is 23.4 Å². The molecule has 1 aliphatic rings. The van der Waals surface area contributed by atoms with E-state index >= 15 is 0 Å². The van der Waals surface area contributed by atoms with Crippen molar-refractivity contribution in [1.82, 2.24) is 4.90 Å². The number of carbonyl (C=O) groups excluding carboxylic acids is 1. The monoisotopic (exact) mass is 254 g/mol. The third kappa shape index (κ3) is 2.17. The summed E-state index contributed by atoms with van der Waals surface area (Å²) < 4.78 is 26.7.